The van der Waals surface area contributed by atoms with Gasteiger partial charge in [-0.3, -0.25) is 9.59 Å². The van der Waals surface area contributed by atoms with Gasteiger partial charge < -0.3 is 5.73 Å². The van der Waals surface area contributed by atoms with Crippen LogP contribution >= 0.6 is 0 Å². The molecule has 3 nitrogen and oxygen atoms in total. The highest BCUT2D eigenvalue weighted by atomic mass is 16.2. The molecule has 0 aromatic rings. The quantitative estimate of drug-likeness (QED) is 0.697. The first-order chi connectivity index (χ1) is 7.72. The fraction of sp³-hybridized carbons (Fsp3) is 0.846. The third-order valence-corrected chi connectivity index (χ3v) is 3.40. The number of nitrogens with two attached hydrogens (primary N) is 1. The summed E-state index contributed by atoms with van der Waals surface area (Å²) in [6.45, 7) is 0. The maximum absolute atomic E-state index is 11.8. The number of carbonyl (C=O) groups is 2. The fourth-order valence-corrected chi connectivity index (χ4v) is 2.34. The Morgan fingerprint density at radius 1 is 0.938 bits per heavy atom. The van der Waals surface area contributed by atoms with E-state index in [1.807, 2.05) is 0 Å². The molecule has 0 spiro atoms. The molecule has 0 bridgehead atoms. The SMILES string of the molecule is NC(=O)C1CCCCCCCCCCC1=O. The maximum atomic E-state index is 11.8. The van der Waals surface area contributed by atoms with Gasteiger partial charge in [-0.2, -0.15) is 0 Å². The second-order valence-electron chi connectivity index (χ2n) is 4.79. The number of amides is 1. The summed E-state index contributed by atoms with van der Waals surface area (Å²) >= 11 is 0. The molecule has 1 aliphatic rings. The molecular formula is C13H23NO2. The summed E-state index contributed by atoms with van der Waals surface area (Å²) < 4.78 is 0. The van der Waals surface area contributed by atoms with Gasteiger partial charge in [0, 0.05) is 6.42 Å². The van der Waals surface area contributed by atoms with Crippen molar-refractivity contribution in [1.82, 2.24) is 0 Å². The molecule has 2 N–H and O–H groups in total. The number of carbonyl (C=O) groups excluding carboxylic acids is 2. The van der Waals surface area contributed by atoms with E-state index >= 15 is 0 Å². The van der Waals surface area contributed by atoms with Crippen LogP contribution in [0.5, 0.6) is 0 Å². The first-order valence-electron chi connectivity index (χ1n) is 6.54. The van der Waals surface area contributed by atoms with Crippen LogP contribution in [0.4, 0.5) is 0 Å². The molecule has 1 rings (SSSR count). The lowest BCUT2D eigenvalue weighted by Crippen LogP contribution is -2.30. The number of hydrogen-bond donors (Lipinski definition) is 1. The highest BCUT2D eigenvalue weighted by molar-refractivity contribution is 6.00. The number of rotatable bonds is 1. The maximum Gasteiger partial charge on any atom is 0.227 e. The van der Waals surface area contributed by atoms with Gasteiger partial charge in [0.05, 0.1) is 5.92 Å². The van der Waals surface area contributed by atoms with E-state index in [9.17, 15) is 9.59 Å². The van der Waals surface area contributed by atoms with Crippen LogP contribution in [0, 0.1) is 5.92 Å². The van der Waals surface area contributed by atoms with Crippen molar-refractivity contribution >= 4 is 11.7 Å². The largest absolute Gasteiger partial charge is 0.369 e. The van der Waals surface area contributed by atoms with E-state index in [0.717, 1.165) is 25.7 Å². The molecule has 1 aliphatic carbocycles. The van der Waals surface area contributed by atoms with Crippen molar-refractivity contribution in [3.05, 3.63) is 0 Å². The molecule has 1 atom stereocenters. The predicted octanol–water partition coefficient (Wildman–Crippen LogP) is 2.57. The molecule has 0 aromatic heterocycles. The minimum atomic E-state index is -0.514. The molecule has 1 unspecified atom stereocenters. The first-order valence-corrected chi connectivity index (χ1v) is 6.54. The summed E-state index contributed by atoms with van der Waals surface area (Å²) in [7, 11) is 0. The lowest BCUT2D eigenvalue weighted by Gasteiger charge is -2.13. The summed E-state index contributed by atoms with van der Waals surface area (Å²) in [5, 5.41) is 0. The Labute approximate surface area is 97.8 Å². The van der Waals surface area contributed by atoms with Gasteiger partial charge in [-0.05, 0) is 12.8 Å². The normalized spacial score (nSPS) is 25.5. The summed E-state index contributed by atoms with van der Waals surface area (Å²) in [4.78, 5) is 23.0. The Kier molecular flexibility index (Phi) is 6.12. The zero-order valence-electron chi connectivity index (χ0n) is 10.0. The van der Waals surface area contributed by atoms with Crippen LogP contribution in [0.2, 0.25) is 0 Å². The Balaban J connectivity index is 2.46. The van der Waals surface area contributed by atoms with E-state index in [0.29, 0.717) is 12.8 Å². The Bertz CT molecular complexity index is 238. The van der Waals surface area contributed by atoms with Crippen molar-refractivity contribution in [1.29, 1.82) is 0 Å². The number of hydrogen-bond acceptors (Lipinski definition) is 2. The minimum Gasteiger partial charge on any atom is -0.369 e. The summed E-state index contributed by atoms with van der Waals surface area (Å²) in [6.07, 6.45) is 10.3. The van der Waals surface area contributed by atoms with Crippen LogP contribution in [0.1, 0.15) is 64.2 Å². The van der Waals surface area contributed by atoms with Crippen LogP contribution in [-0.2, 0) is 9.59 Å². The molecule has 0 saturated heterocycles. The van der Waals surface area contributed by atoms with Crippen molar-refractivity contribution in [2.24, 2.45) is 11.7 Å². The van der Waals surface area contributed by atoms with E-state index in [4.69, 9.17) is 5.73 Å². The van der Waals surface area contributed by atoms with E-state index in [2.05, 4.69) is 0 Å². The van der Waals surface area contributed by atoms with Crippen molar-refractivity contribution in [2.45, 2.75) is 64.2 Å². The predicted molar refractivity (Wildman–Crippen MR) is 63.9 cm³/mol. The zero-order valence-corrected chi connectivity index (χ0v) is 10.0. The molecule has 1 saturated carbocycles. The smallest absolute Gasteiger partial charge is 0.227 e. The van der Waals surface area contributed by atoms with E-state index < -0.39 is 11.8 Å². The fourth-order valence-electron chi connectivity index (χ4n) is 2.34. The van der Waals surface area contributed by atoms with Gasteiger partial charge in [-0.1, -0.05) is 44.9 Å². The third kappa shape index (κ3) is 4.77. The van der Waals surface area contributed by atoms with Gasteiger partial charge in [0.25, 0.3) is 0 Å². The van der Waals surface area contributed by atoms with Crippen molar-refractivity contribution < 1.29 is 9.59 Å². The molecular weight excluding hydrogens is 202 g/mol. The summed E-state index contributed by atoms with van der Waals surface area (Å²) in [5.74, 6) is -0.880. The van der Waals surface area contributed by atoms with Crippen LogP contribution in [0.25, 0.3) is 0 Å². The lowest BCUT2D eigenvalue weighted by atomic mass is 9.91. The Hall–Kier alpha value is -0.860. The van der Waals surface area contributed by atoms with Crippen molar-refractivity contribution in [2.75, 3.05) is 0 Å². The highest BCUT2D eigenvalue weighted by Crippen LogP contribution is 2.18. The molecule has 0 heterocycles. The second-order valence-corrected chi connectivity index (χ2v) is 4.79. The van der Waals surface area contributed by atoms with Gasteiger partial charge in [0.1, 0.15) is 5.78 Å². The van der Waals surface area contributed by atoms with E-state index in [-0.39, 0.29) is 5.78 Å². The molecule has 92 valence electrons. The Morgan fingerprint density at radius 2 is 1.44 bits per heavy atom. The summed E-state index contributed by atoms with van der Waals surface area (Å²) in [6, 6.07) is 0. The number of ketones is 1. The van der Waals surface area contributed by atoms with E-state index in [1.54, 1.807) is 0 Å². The molecule has 1 amide bonds. The van der Waals surface area contributed by atoms with Crippen LogP contribution < -0.4 is 5.73 Å². The molecule has 3 heteroatoms. The highest BCUT2D eigenvalue weighted by Gasteiger charge is 2.23. The monoisotopic (exact) mass is 225 g/mol. The second kappa shape index (κ2) is 7.42. The van der Waals surface area contributed by atoms with Gasteiger partial charge in [0.15, 0.2) is 0 Å². The standard InChI is InChI=1S/C13H23NO2/c14-13(16)11-9-7-5-3-1-2-4-6-8-10-12(11)15/h11H,1-10H2,(H2,14,16). The minimum absolute atomic E-state index is 0.0630. The van der Waals surface area contributed by atoms with Crippen LogP contribution in [0.15, 0.2) is 0 Å². The summed E-state index contributed by atoms with van der Waals surface area (Å²) in [5.41, 5.74) is 5.28. The molecule has 0 aromatic carbocycles. The number of Topliss-reactive ketones (excluding diaryl/α,β-unsaturated/α-hetero) is 1. The van der Waals surface area contributed by atoms with Crippen molar-refractivity contribution in [3.8, 4) is 0 Å². The average molecular weight is 225 g/mol. The topological polar surface area (TPSA) is 60.2 Å². The van der Waals surface area contributed by atoms with Crippen LogP contribution in [0.3, 0.4) is 0 Å². The van der Waals surface area contributed by atoms with Gasteiger partial charge in [-0.25, -0.2) is 0 Å². The average Bonchev–Trinajstić information content (AvgIpc) is 2.22. The molecule has 0 radical (unpaired) electrons. The Morgan fingerprint density at radius 3 is 2.00 bits per heavy atom. The molecule has 1 fully saturated rings. The van der Waals surface area contributed by atoms with E-state index in [1.165, 1.54) is 25.7 Å². The first kappa shape index (κ1) is 13.2. The van der Waals surface area contributed by atoms with Crippen LogP contribution in [-0.4, -0.2) is 11.7 Å². The molecule has 16 heavy (non-hydrogen) atoms. The van der Waals surface area contributed by atoms with Gasteiger partial charge in [0.2, 0.25) is 5.91 Å². The third-order valence-electron chi connectivity index (χ3n) is 3.40. The van der Waals surface area contributed by atoms with Crippen molar-refractivity contribution in [3.63, 3.8) is 0 Å². The lowest BCUT2D eigenvalue weighted by molar-refractivity contribution is -0.132. The zero-order chi connectivity index (χ0) is 11.8. The number of primary amides is 1. The van der Waals surface area contributed by atoms with Gasteiger partial charge in [-0.15, -0.1) is 0 Å². The van der Waals surface area contributed by atoms with Gasteiger partial charge >= 0.3 is 0 Å². The molecule has 0 aliphatic heterocycles.